The van der Waals surface area contributed by atoms with Crippen molar-refractivity contribution < 1.29 is 4.74 Å². The lowest BCUT2D eigenvalue weighted by molar-refractivity contribution is 0.0643. The molecule has 0 aromatic carbocycles. The summed E-state index contributed by atoms with van der Waals surface area (Å²) in [7, 11) is 0. The topological polar surface area (TPSA) is 51.4 Å². The van der Waals surface area contributed by atoms with Crippen molar-refractivity contribution in [1.82, 2.24) is 4.98 Å². The Kier molecular flexibility index (Phi) is 3.78. The van der Waals surface area contributed by atoms with Gasteiger partial charge in [0.15, 0.2) is 0 Å². The summed E-state index contributed by atoms with van der Waals surface area (Å²) >= 11 is 5.20. The molecule has 4 nitrogen and oxygen atoms in total. The maximum atomic E-state index is 5.89. The molecule has 1 aromatic heterocycles. The maximum absolute atomic E-state index is 5.89. The van der Waals surface area contributed by atoms with Crippen molar-refractivity contribution in [3.8, 4) is 0 Å². The van der Waals surface area contributed by atoms with Crippen LogP contribution in [0, 0.1) is 13.8 Å². The summed E-state index contributed by atoms with van der Waals surface area (Å²) in [4.78, 5) is 7.20. The summed E-state index contributed by atoms with van der Waals surface area (Å²) in [6.45, 7) is 10.5. The summed E-state index contributed by atoms with van der Waals surface area (Å²) in [6, 6.07) is 2.06. The number of pyridine rings is 1. The van der Waals surface area contributed by atoms with Gasteiger partial charge in [-0.15, -0.1) is 0 Å². The molecule has 0 aliphatic carbocycles. The summed E-state index contributed by atoms with van der Waals surface area (Å²) in [5.74, 6) is 0. The minimum Gasteiger partial charge on any atom is -0.389 e. The molecule has 104 valence electrons. The Morgan fingerprint density at radius 2 is 2.16 bits per heavy atom. The first-order valence-electron chi connectivity index (χ1n) is 6.46. The summed E-state index contributed by atoms with van der Waals surface area (Å²) < 4.78 is 5.58. The SMILES string of the molecule is Cc1cc(N2CCOCC2(C)C)c(C(N)=S)c(C)n1. The highest BCUT2D eigenvalue weighted by Crippen LogP contribution is 2.31. The fraction of sp³-hybridized carbons (Fsp3) is 0.571. The van der Waals surface area contributed by atoms with Crippen molar-refractivity contribution in [1.29, 1.82) is 0 Å². The zero-order chi connectivity index (χ0) is 14.2. The first-order chi connectivity index (χ1) is 8.83. The van der Waals surface area contributed by atoms with E-state index in [4.69, 9.17) is 22.7 Å². The average Bonchev–Trinajstić information content (AvgIpc) is 2.26. The van der Waals surface area contributed by atoms with Gasteiger partial charge >= 0.3 is 0 Å². The number of morpholine rings is 1. The van der Waals surface area contributed by atoms with Crippen molar-refractivity contribution in [3.63, 3.8) is 0 Å². The van der Waals surface area contributed by atoms with Crippen LogP contribution in [0.15, 0.2) is 6.07 Å². The molecule has 0 spiro atoms. The summed E-state index contributed by atoms with van der Waals surface area (Å²) in [6.07, 6.45) is 0. The predicted molar refractivity (Wildman–Crippen MR) is 81.8 cm³/mol. The number of hydrogen-bond donors (Lipinski definition) is 1. The Morgan fingerprint density at radius 3 is 2.74 bits per heavy atom. The molecule has 0 atom stereocenters. The molecule has 0 saturated carbocycles. The Labute approximate surface area is 120 Å². The van der Waals surface area contributed by atoms with Gasteiger partial charge in [0.25, 0.3) is 0 Å². The number of thiocarbonyl (C=S) groups is 1. The van der Waals surface area contributed by atoms with Crippen LogP contribution >= 0.6 is 12.2 Å². The molecular formula is C14H21N3OS. The monoisotopic (exact) mass is 279 g/mol. The Balaban J connectivity index is 2.57. The maximum Gasteiger partial charge on any atom is 0.107 e. The van der Waals surface area contributed by atoms with Gasteiger partial charge in [0.2, 0.25) is 0 Å². The third-order valence-electron chi connectivity index (χ3n) is 3.49. The molecule has 0 unspecified atom stereocenters. The van der Waals surface area contributed by atoms with Crippen LogP contribution < -0.4 is 10.6 Å². The van der Waals surface area contributed by atoms with Crippen LogP contribution in [-0.2, 0) is 4.74 Å². The van der Waals surface area contributed by atoms with Crippen molar-refractivity contribution >= 4 is 22.9 Å². The number of aryl methyl sites for hydroxylation is 2. The first-order valence-corrected chi connectivity index (χ1v) is 6.87. The molecule has 2 N–H and O–H groups in total. The Morgan fingerprint density at radius 1 is 1.47 bits per heavy atom. The van der Waals surface area contributed by atoms with E-state index in [1.54, 1.807) is 0 Å². The van der Waals surface area contributed by atoms with E-state index in [9.17, 15) is 0 Å². The van der Waals surface area contributed by atoms with Gasteiger partial charge in [-0.05, 0) is 33.8 Å². The first kappa shape index (κ1) is 14.2. The molecule has 0 radical (unpaired) electrons. The number of aromatic nitrogens is 1. The van der Waals surface area contributed by atoms with E-state index in [-0.39, 0.29) is 5.54 Å². The number of nitrogens with zero attached hydrogens (tertiary/aromatic N) is 2. The van der Waals surface area contributed by atoms with Crippen LogP contribution in [0.2, 0.25) is 0 Å². The molecule has 1 aliphatic rings. The molecular weight excluding hydrogens is 258 g/mol. The second-order valence-electron chi connectivity index (χ2n) is 5.62. The predicted octanol–water partition coefficient (Wildman–Crippen LogP) is 1.95. The van der Waals surface area contributed by atoms with Gasteiger partial charge < -0.3 is 15.4 Å². The normalized spacial score (nSPS) is 18.4. The Bertz CT molecular complexity index is 514. The molecule has 19 heavy (non-hydrogen) atoms. The number of anilines is 1. The smallest absolute Gasteiger partial charge is 0.107 e. The highest BCUT2D eigenvalue weighted by atomic mass is 32.1. The van der Waals surface area contributed by atoms with Gasteiger partial charge in [0.05, 0.1) is 30.0 Å². The van der Waals surface area contributed by atoms with E-state index < -0.39 is 0 Å². The molecule has 2 rings (SSSR count). The molecule has 2 heterocycles. The van der Waals surface area contributed by atoms with Gasteiger partial charge in [0.1, 0.15) is 4.99 Å². The van der Waals surface area contributed by atoms with E-state index in [2.05, 4.69) is 29.8 Å². The number of nitrogens with two attached hydrogens (primary N) is 1. The minimum atomic E-state index is -0.0714. The lowest BCUT2D eigenvalue weighted by Crippen LogP contribution is -2.53. The van der Waals surface area contributed by atoms with Crippen LogP contribution in [0.3, 0.4) is 0 Å². The van der Waals surface area contributed by atoms with E-state index in [1.165, 1.54) is 0 Å². The van der Waals surface area contributed by atoms with Crippen molar-refractivity contribution in [2.45, 2.75) is 33.2 Å². The standard InChI is InChI=1S/C14H21N3OS/c1-9-7-11(12(13(15)19)10(2)16-9)17-5-6-18-8-14(17,3)4/h7H,5-6,8H2,1-4H3,(H2,15,19). The summed E-state index contributed by atoms with van der Waals surface area (Å²) in [5.41, 5.74) is 9.66. The summed E-state index contributed by atoms with van der Waals surface area (Å²) in [5, 5.41) is 0. The zero-order valence-electron chi connectivity index (χ0n) is 12.0. The van der Waals surface area contributed by atoms with Crippen molar-refractivity contribution in [2.24, 2.45) is 5.73 Å². The van der Waals surface area contributed by atoms with Crippen LogP contribution in [0.1, 0.15) is 30.8 Å². The Hall–Kier alpha value is -1.20. The third-order valence-corrected chi connectivity index (χ3v) is 3.69. The molecule has 0 amide bonds. The molecule has 1 aliphatic heterocycles. The van der Waals surface area contributed by atoms with E-state index in [0.717, 1.165) is 35.8 Å². The second-order valence-corrected chi connectivity index (χ2v) is 6.06. The van der Waals surface area contributed by atoms with Gasteiger partial charge in [-0.2, -0.15) is 0 Å². The van der Waals surface area contributed by atoms with Crippen LogP contribution in [0.4, 0.5) is 5.69 Å². The average molecular weight is 279 g/mol. The highest BCUT2D eigenvalue weighted by Gasteiger charge is 2.33. The van der Waals surface area contributed by atoms with Gasteiger partial charge in [-0.3, -0.25) is 4.98 Å². The fourth-order valence-corrected chi connectivity index (χ4v) is 2.88. The van der Waals surface area contributed by atoms with Gasteiger partial charge in [-0.1, -0.05) is 12.2 Å². The van der Waals surface area contributed by atoms with Crippen molar-refractivity contribution in [3.05, 3.63) is 23.0 Å². The zero-order valence-corrected chi connectivity index (χ0v) is 12.8. The van der Waals surface area contributed by atoms with Gasteiger partial charge in [0, 0.05) is 17.9 Å². The highest BCUT2D eigenvalue weighted by molar-refractivity contribution is 7.80. The quantitative estimate of drug-likeness (QED) is 0.839. The van der Waals surface area contributed by atoms with Crippen LogP contribution in [-0.4, -0.2) is 35.3 Å². The molecule has 0 bridgehead atoms. The van der Waals surface area contributed by atoms with Crippen molar-refractivity contribution in [2.75, 3.05) is 24.7 Å². The second kappa shape index (κ2) is 5.06. The van der Waals surface area contributed by atoms with Crippen LogP contribution in [0.25, 0.3) is 0 Å². The lowest BCUT2D eigenvalue weighted by atomic mass is 9.99. The molecule has 1 aromatic rings. The van der Waals surface area contributed by atoms with E-state index >= 15 is 0 Å². The molecule has 1 saturated heterocycles. The van der Waals surface area contributed by atoms with E-state index in [0.29, 0.717) is 11.6 Å². The number of hydrogen-bond acceptors (Lipinski definition) is 4. The largest absolute Gasteiger partial charge is 0.389 e. The minimum absolute atomic E-state index is 0.0714. The van der Waals surface area contributed by atoms with Crippen LogP contribution in [0.5, 0.6) is 0 Å². The number of ether oxygens (including phenoxy) is 1. The fourth-order valence-electron chi connectivity index (χ4n) is 2.63. The molecule has 5 heteroatoms. The molecule has 1 fully saturated rings. The third kappa shape index (κ3) is 2.72. The number of rotatable bonds is 2. The van der Waals surface area contributed by atoms with E-state index in [1.807, 2.05) is 13.8 Å². The van der Waals surface area contributed by atoms with Gasteiger partial charge in [-0.25, -0.2) is 0 Å². The lowest BCUT2D eigenvalue weighted by Gasteiger charge is -2.44.